The Morgan fingerprint density at radius 1 is 1.37 bits per heavy atom. The highest BCUT2D eigenvalue weighted by Gasteiger charge is 2.29. The molecule has 0 aliphatic carbocycles. The number of rotatable bonds is 5. The van der Waals surface area contributed by atoms with Gasteiger partial charge in [-0.3, -0.25) is 14.2 Å². The molecule has 1 atom stereocenters. The number of nitrogens with zero attached hydrogens (tertiary/aromatic N) is 4. The molecule has 0 bridgehead atoms. The monoisotopic (exact) mass is 406 g/mol. The summed E-state index contributed by atoms with van der Waals surface area (Å²) in [5, 5.41) is 8.54. The van der Waals surface area contributed by atoms with E-state index in [1.165, 1.54) is 30.6 Å². The molecule has 7 nitrogen and oxygen atoms in total. The lowest BCUT2D eigenvalue weighted by atomic mass is 10.1. The number of carbonyl (C=O) groups is 2. The van der Waals surface area contributed by atoms with Crippen molar-refractivity contribution in [3.63, 3.8) is 0 Å². The van der Waals surface area contributed by atoms with Crippen molar-refractivity contribution in [2.24, 2.45) is 0 Å². The maximum atomic E-state index is 12.6. The van der Waals surface area contributed by atoms with Gasteiger partial charge in [0, 0.05) is 18.8 Å². The number of hydrogen-bond donors (Lipinski definition) is 0. The van der Waals surface area contributed by atoms with Gasteiger partial charge in [-0.25, -0.2) is 0 Å². The van der Waals surface area contributed by atoms with Crippen LogP contribution in [-0.2, 0) is 14.3 Å². The Labute approximate surface area is 166 Å². The van der Waals surface area contributed by atoms with Crippen LogP contribution in [0.1, 0.15) is 11.1 Å². The van der Waals surface area contributed by atoms with Crippen molar-refractivity contribution in [1.82, 2.24) is 19.7 Å². The van der Waals surface area contributed by atoms with E-state index >= 15 is 0 Å². The molecule has 9 heteroatoms. The minimum absolute atomic E-state index is 0.00952. The van der Waals surface area contributed by atoms with Gasteiger partial charge in [-0.15, -0.1) is 22.0 Å². The summed E-state index contributed by atoms with van der Waals surface area (Å²) in [7, 11) is 1.37. The Morgan fingerprint density at radius 3 is 2.96 bits per heavy atom. The molecule has 1 aliphatic heterocycles. The predicted molar refractivity (Wildman–Crippen MR) is 106 cm³/mol. The van der Waals surface area contributed by atoms with Crippen LogP contribution in [0.2, 0.25) is 0 Å². The quantitative estimate of drug-likeness (QED) is 0.556. The third-order valence-corrected chi connectivity index (χ3v) is 6.44. The van der Waals surface area contributed by atoms with Crippen LogP contribution in [0.4, 0.5) is 0 Å². The van der Waals surface area contributed by atoms with Crippen LogP contribution in [0.3, 0.4) is 0 Å². The molecular weight excluding hydrogens is 384 g/mol. The molecule has 3 rings (SSSR count). The summed E-state index contributed by atoms with van der Waals surface area (Å²) in [6.07, 6.45) is 1.67. The van der Waals surface area contributed by atoms with Crippen molar-refractivity contribution in [3.05, 3.63) is 35.7 Å². The minimum atomic E-state index is -0.309. The molecule has 0 unspecified atom stereocenters. The molecule has 1 aromatic carbocycles. The second-order valence-corrected chi connectivity index (χ2v) is 8.54. The largest absolute Gasteiger partial charge is 0.468 e. The summed E-state index contributed by atoms with van der Waals surface area (Å²) in [5.41, 5.74) is 3.27. The van der Waals surface area contributed by atoms with Gasteiger partial charge in [0.15, 0.2) is 5.16 Å². The van der Waals surface area contributed by atoms with Crippen molar-refractivity contribution in [2.75, 3.05) is 31.7 Å². The topological polar surface area (TPSA) is 77.3 Å². The van der Waals surface area contributed by atoms with E-state index in [-0.39, 0.29) is 22.9 Å². The molecule has 2 aromatic rings. The molecule has 1 saturated heterocycles. The van der Waals surface area contributed by atoms with Crippen LogP contribution in [-0.4, -0.2) is 68.5 Å². The van der Waals surface area contributed by atoms with Gasteiger partial charge in [0.25, 0.3) is 0 Å². The maximum absolute atomic E-state index is 12.6. The number of amides is 1. The summed E-state index contributed by atoms with van der Waals surface area (Å²) < 4.78 is 6.70. The van der Waals surface area contributed by atoms with Gasteiger partial charge in [-0.2, -0.15) is 0 Å². The van der Waals surface area contributed by atoms with Crippen LogP contribution in [0.5, 0.6) is 0 Å². The zero-order chi connectivity index (χ0) is 19.4. The number of carbonyl (C=O) groups excluding carboxylic acids is 2. The Hall–Kier alpha value is -2.00. The molecule has 27 heavy (non-hydrogen) atoms. The van der Waals surface area contributed by atoms with Crippen LogP contribution in [0.15, 0.2) is 29.7 Å². The molecule has 144 valence electrons. The van der Waals surface area contributed by atoms with Gasteiger partial charge < -0.3 is 9.64 Å². The summed E-state index contributed by atoms with van der Waals surface area (Å²) in [6, 6.07) is 6.20. The van der Waals surface area contributed by atoms with Crippen molar-refractivity contribution >= 4 is 35.4 Å². The Kier molecular flexibility index (Phi) is 6.43. The number of methoxy groups -OCH3 is 1. The van der Waals surface area contributed by atoms with Crippen molar-refractivity contribution in [1.29, 1.82) is 0 Å². The normalized spacial score (nSPS) is 17.0. The van der Waals surface area contributed by atoms with E-state index in [1.54, 1.807) is 11.2 Å². The molecule has 1 aliphatic rings. The van der Waals surface area contributed by atoms with Gasteiger partial charge in [-0.05, 0) is 31.0 Å². The van der Waals surface area contributed by atoms with Crippen molar-refractivity contribution < 1.29 is 14.3 Å². The lowest BCUT2D eigenvalue weighted by Gasteiger charge is -2.30. The molecule has 1 fully saturated rings. The average Bonchev–Trinajstić information content (AvgIpc) is 3.15. The highest BCUT2D eigenvalue weighted by Crippen LogP contribution is 2.24. The van der Waals surface area contributed by atoms with Crippen LogP contribution >= 0.6 is 23.5 Å². The molecular formula is C18H22N4O3S2. The molecule has 0 spiro atoms. The number of esters is 1. The SMILES string of the molecule is COC(=O)[C@@H]1CN(C(=O)CSc2nncn2-c2cc(C)ccc2C)CCS1. The first-order valence-corrected chi connectivity index (χ1v) is 10.6. The van der Waals surface area contributed by atoms with Crippen molar-refractivity contribution in [3.8, 4) is 5.69 Å². The lowest BCUT2D eigenvalue weighted by molar-refractivity contribution is -0.141. The van der Waals surface area contributed by atoms with E-state index in [4.69, 9.17) is 4.74 Å². The first-order chi connectivity index (χ1) is 13.0. The molecule has 0 radical (unpaired) electrons. The molecule has 0 N–H and O–H groups in total. The Morgan fingerprint density at radius 2 is 2.19 bits per heavy atom. The number of hydrogen-bond acceptors (Lipinski definition) is 7. The van der Waals surface area contributed by atoms with E-state index in [2.05, 4.69) is 28.4 Å². The number of ether oxygens (including phenoxy) is 1. The number of thioether (sulfide) groups is 2. The van der Waals surface area contributed by atoms with E-state index in [9.17, 15) is 9.59 Å². The highest BCUT2D eigenvalue weighted by molar-refractivity contribution is 8.00. The first-order valence-electron chi connectivity index (χ1n) is 8.57. The predicted octanol–water partition coefficient (Wildman–Crippen LogP) is 2.09. The van der Waals surface area contributed by atoms with E-state index in [0.29, 0.717) is 18.2 Å². The van der Waals surface area contributed by atoms with E-state index in [0.717, 1.165) is 22.6 Å². The summed E-state index contributed by atoms with van der Waals surface area (Å²) in [6.45, 7) is 5.10. The zero-order valence-electron chi connectivity index (χ0n) is 15.5. The Balaban J connectivity index is 1.66. The smallest absolute Gasteiger partial charge is 0.320 e. The van der Waals surface area contributed by atoms with Crippen LogP contribution in [0, 0.1) is 13.8 Å². The fourth-order valence-electron chi connectivity index (χ4n) is 2.83. The van der Waals surface area contributed by atoms with Gasteiger partial charge in [0.1, 0.15) is 11.6 Å². The maximum Gasteiger partial charge on any atom is 0.320 e. The minimum Gasteiger partial charge on any atom is -0.468 e. The number of aromatic nitrogens is 3. The van der Waals surface area contributed by atoms with Crippen LogP contribution < -0.4 is 0 Å². The fourth-order valence-corrected chi connectivity index (χ4v) is 4.79. The average molecular weight is 407 g/mol. The van der Waals surface area contributed by atoms with Gasteiger partial charge in [-0.1, -0.05) is 23.9 Å². The lowest BCUT2D eigenvalue weighted by Crippen LogP contribution is -2.45. The second kappa shape index (κ2) is 8.79. The van der Waals surface area contributed by atoms with Gasteiger partial charge in [0.2, 0.25) is 5.91 Å². The summed E-state index contributed by atoms with van der Waals surface area (Å²) >= 11 is 2.89. The third kappa shape index (κ3) is 4.65. The standard InChI is InChI=1S/C18H22N4O3S2/c1-12-4-5-13(2)14(8-12)22-11-19-20-18(22)27-10-16(23)21-6-7-26-15(9-21)17(24)25-3/h4-5,8,11,15H,6-7,9-10H2,1-3H3/t15-/m0/s1. The third-order valence-electron chi connectivity index (χ3n) is 4.35. The molecule has 1 amide bonds. The number of benzene rings is 1. The van der Waals surface area contributed by atoms with E-state index in [1.807, 2.05) is 18.4 Å². The fraction of sp³-hybridized carbons (Fsp3) is 0.444. The number of aryl methyl sites for hydroxylation is 2. The van der Waals surface area contributed by atoms with Crippen molar-refractivity contribution in [2.45, 2.75) is 24.3 Å². The first kappa shape index (κ1) is 19.8. The molecule has 0 saturated carbocycles. The zero-order valence-corrected chi connectivity index (χ0v) is 17.2. The molecule has 2 heterocycles. The highest BCUT2D eigenvalue weighted by atomic mass is 32.2. The second-order valence-electron chi connectivity index (χ2n) is 6.28. The van der Waals surface area contributed by atoms with Crippen LogP contribution in [0.25, 0.3) is 5.69 Å². The molecule has 1 aromatic heterocycles. The Bertz CT molecular complexity index is 840. The summed E-state index contributed by atoms with van der Waals surface area (Å²) in [5.74, 6) is 0.696. The summed E-state index contributed by atoms with van der Waals surface area (Å²) in [4.78, 5) is 26.1. The van der Waals surface area contributed by atoms with E-state index < -0.39 is 0 Å². The van der Waals surface area contributed by atoms with Gasteiger partial charge in [0.05, 0.1) is 18.6 Å². The van der Waals surface area contributed by atoms with Gasteiger partial charge >= 0.3 is 5.97 Å².